The van der Waals surface area contributed by atoms with Crippen molar-refractivity contribution >= 4 is 12.4 Å². The number of rotatable bonds is 2. The van der Waals surface area contributed by atoms with Gasteiger partial charge in [0.1, 0.15) is 11.4 Å². The van der Waals surface area contributed by atoms with Gasteiger partial charge in [-0.1, -0.05) is 0 Å². The lowest BCUT2D eigenvalue weighted by molar-refractivity contribution is 0.771. The first-order valence-electron chi connectivity index (χ1n) is 3.91. The number of nitrogens with two attached hydrogens (primary N) is 1. The number of hydrogen-bond acceptors (Lipinski definition) is 4. The highest BCUT2D eigenvalue weighted by Crippen LogP contribution is 2.17. The number of aryl methyl sites for hydroxylation is 1. The van der Waals surface area contributed by atoms with E-state index < -0.39 is 0 Å². The molecule has 0 aliphatic rings. The second kappa shape index (κ2) is 4.21. The Bertz CT molecular complexity index is 406. The molecule has 0 saturated carbocycles. The normalized spacial score (nSPS) is 9.86. The third kappa shape index (κ3) is 1.61. The van der Waals surface area contributed by atoms with Crippen molar-refractivity contribution in [3.8, 4) is 11.4 Å². The van der Waals surface area contributed by atoms with E-state index in [2.05, 4.69) is 20.5 Å². The first-order valence-corrected chi connectivity index (χ1v) is 3.91. The van der Waals surface area contributed by atoms with E-state index in [-0.39, 0.29) is 12.4 Å². The highest BCUT2D eigenvalue weighted by Gasteiger charge is 2.11. The Hall–Kier alpha value is -1.40. The average molecular weight is 215 g/mol. The zero-order chi connectivity index (χ0) is 9.26. The van der Waals surface area contributed by atoms with Gasteiger partial charge in [0.05, 0.1) is 5.69 Å². The molecule has 0 aliphatic carbocycles. The van der Waals surface area contributed by atoms with Crippen molar-refractivity contribution in [2.75, 3.05) is 0 Å². The largest absolute Gasteiger partial charge is 0.325 e. The SMILES string of the molecule is Cl.Cn1nccc1-c1n[nH]nc1CN. The summed E-state index contributed by atoms with van der Waals surface area (Å²) in [6.07, 6.45) is 1.71. The van der Waals surface area contributed by atoms with E-state index in [0.29, 0.717) is 6.54 Å². The Balaban J connectivity index is 0.000000980. The summed E-state index contributed by atoms with van der Waals surface area (Å²) in [4.78, 5) is 0. The van der Waals surface area contributed by atoms with Gasteiger partial charge in [0.2, 0.25) is 0 Å². The number of aromatic nitrogens is 5. The molecule has 2 aromatic heterocycles. The number of H-pyrrole nitrogens is 1. The zero-order valence-electron chi connectivity index (χ0n) is 7.64. The molecule has 0 radical (unpaired) electrons. The second-order valence-electron chi connectivity index (χ2n) is 2.66. The fourth-order valence-electron chi connectivity index (χ4n) is 1.21. The molecule has 14 heavy (non-hydrogen) atoms. The molecular formula is C7H11ClN6. The van der Waals surface area contributed by atoms with Crippen molar-refractivity contribution in [1.82, 2.24) is 25.2 Å². The van der Waals surface area contributed by atoms with Gasteiger partial charge in [-0.15, -0.1) is 12.4 Å². The van der Waals surface area contributed by atoms with Crippen molar-refractivity contribution in [2.24, 2.45) is 12.8 Å². The van der Waals surface area contributed by atoms with Crippen LogP contribution in [0.4, 0.5) is 0 Å². The van der Waals surface area contributed by atoms with Crippen molar-refractivity contribution in [2.45, 2.75) is 6.54 Å². The predicted molar refractivity (Wildman–Crippen MR) is 53.7 cm³/mol. The van der Waals surface area contributed by atoms with Gasteiger partial charge in [0.25, 0.3) is 0 Å². The molecule has 0 spiro atoms. The first kappa shape index (κ1) is 10.7. The third-order valence-electron chi connectivity index (χ3n) is 1.88. The minimum Gasteiger partial charge on any atom is -0.325 e. The number of hydrogen-bond donors (Lipinski definition) is 2. The van der Waals surface area contributed by atoms with E-state index in [0.717, 1.165) is 17.1 Å². The van der Waals surface area contributed by atoms with Crippen molar-refractivity contribution in [1.29, 1.82) is 0 Å². The molecule has 2 rings (SSSR count). The van der Waals surface area contributed by atoms with Crippen LogP contribution in [0, 0.1) is 0 Å². The minimum absolute atomic E-state index is 0. The van der Waals surface area contributed by atoms with E-state index >= 15 is 0 Å². The van der Waals surface area contributed by atoms with Crippen LogP contribution in [0.1, 0.15) is 5.69 Å². The molecule has 0 amide bonds. The van der Waals surface area contributed by atoms with Crippen molar-refractivity contribution in [3.63, 3.8) is 0 Å². The van der Waals surface area contributed by atoms with E-state index in [1.807, 2.05) is 13.1 Å². The molecule has 3 N–H and O–H groups in total. The summed E-state index contributed by atoms with van der Waals surface area (Å²) in [7, 11) is 1.85. The van der Waals surface area contributed by atoms with Gasteiger partial charge in [-0.05, 0) is 6.07 Å². The summed E-state index contributed by atoms with van der Waals surface area (Å²) in [5.74, 6) is 0. The summed E-state index contributed by atoms with van der Waals surface area (Å²) in [5, 5.41) is 14.5. The lowest BCUT2D eigenvalue weighted by Crippen LogP contribution is -2.01. The van der Waals surface area contributed by atoms with Gasteiger partial charge in [-0.3, -0.25) is 4.68 Å². The molecule has 2 heterocycles. The van der Waals surface area contributed by atoms with Crippen molar-refractivity contribution < 1.29 is 0 Å². The quantitative estimate of drug-likeness (QED) is 0.742. The molecule has 76 valence electrons. The predicted octanol–water partition coefficient (Wildman–Crippen LogP) is 0.0857. The highest BCUT2D eigenvalue weighted by molar-refractivity contribution is 5.85. The number of nitrogens with zero attached hydrogens (tertiary/aromatic N) is 4. The Morgan fingerprint density at radius 2 is 2.29 bits per heavy atom. The van der Waals surface area contributed by atoms with Gasteiger partial charge in [-0.2, -0.15) is 20.5 Å². The van der Waals surface area contributed by atoms with Gasteiger partial charge < -0.3 is 5.73 Å². The van der Waals surface area contributed by atoms with Crippen LogP contribution in [-0.2, 0) is 13.6 Å². The molecule has 2 aromatic rings. The van der Waals surface area contributed by atoms with E-state index in [1.54, 1.807) is 10.9 Å². The fourth-order valence-corrected chi connectivity index (χ4v) is 1.21. The van der Waals surface area contributed by atoms with Crippen LogP contribution in [-0.4, -0.2) is 25.2 Å². The number of halogens is 1. The van der Waals surface area contributed by atoms with Gasteiger partial charge >= 0.3 is 0 Å². The standard InChI is InChI=1S/C7H10N6.ClH/c1-13-6(2-3-9-13)7-5(4-8)10-12-11-7;/h2-3H,4,8H2,1H3,(H,10,11,12);1H. The summed E-state index contributed by atoms with van der Waals surface area (Å²) in [6, 6.07) is 1.87. The maximum Gasteiger partial charge on any atom is 0.135 e. The van der Waals surface area contributed by atoms with Crippen LogP contribution in [0.15, 0.2) is 12.3 Å². The Morgan fingerprint density at radius 3 is 2.86 bits per heavy atom. The minimum atomic E-state index is 0. The van der Waals surface area contributed by atoms with Gasteiger partial charge in [0.15, 0.2) is 0 Å². The van der Waals surface area contributed by atoms with Crippen LogP contribution >= 0.6 is 12.4 Å². The molecule has 0 atom stereocenters. The first-order chi connectivity index (χ1) is 6.33. The Labute approximate surface area is 86.9 Å². The monoisotopic (exact) mass is 214 g/mol. The lowest BCUT2D eigenvalue weighted by atomic mass is 10.2. The molecule has 0 fully saturated rings. The topological polar surface area (TPSA) is 85.4 Å². The Morgan fingerprint density at radius 1 is 1.50 bits per heavy atom. The molecule has 7 heteroatoms. The van der Waals surface area contributed by atoms with Crippen molar-refractivity contribution in [3.05, 3.63) is 18.0 Å². The molecule has 6 nitrogen and oxygen atoms in total. The zero-order valence-corrected chi connectivity index (χ0v) is 8.45. The molecule has 0 aliphatic heterocycles. The van der Waals surface area contributed by atoms with Crippen LogP contribution in [0.5, 0.6) is 0 Å². The van der Waals surface area contributed by atoms with E-state index in [9.17, 15) is 0 Å². The smallest absolute Gasteiger partial charge is 0.135 e. The number of aromatic amines is 1. The van der Waals surface area contributed by atoms with E-state index in [4.69, 9.17) is 5.73 Å². The average Bonchev–Trinajstić information content (AvgIpc) is 2.71. The lowest BCUT2D eigenvalue weighted by Gasteiger charge is -1.97. The van der Waals surface area contributed by atoms with Crippen LogP contribution in [0.3, 0.4) is 0 Å². The molecule has 0 bridgehead atoms. The molecule has 0 aromatic carbocycles. The maximum atomic E-state index is 5.50. The maximum absolute atomic E-state index is 5.50. The Kier molecular flexibility index (Phi) is 3.21. The van der Waals surface area contributed by atoms with Gasteiger partial charge in [0, 0.05) is 19.8 Å². The fraction of sp³-hybridized carbons (Fsp3) is 0.286. The highest BCUT2D eigenvalue weighted by atomic mass is 35.5. The molecule has 0 saturated heterocycles. The summed E-state index contributed by atoms with van der Waals surface area (Å²) in [5.41, 5.74) is 7.93. The van der Waals surface area contributed by atoms with E-state index in [1.165, 1.54) is 0 Å². The summed E-state index contributed by atoms with van der Waals surface area (Å²) < 4.78 is 1.73. The number of nitrogens with one attached hydrogen (secondary N) is 1. The summed E-state index contributed by atoms with van der Waals surface area (Å²) >= 11 is 0. The third-order valence-corrected chi connectivity index (χ3v) is 1.88. The molecular weight excluding hydrogens is 204 g/mol. The van der Waals surface area contributed by atoms with Crippen LogP contribution < -0.4 is 5.73 Å². The molecule has 0 unspecified atom stereocenters. The van der Waals surface area contributed by atoms with Crippen LogP contribution in [0.25, 0.3) is 11.4 Å². The summed E-state index contributed by atoms with van der Waals surface area (Å²) in [6.45, 7) is 0.372. The van der Waals surface area contributed by atoms with Crippen LogP contribution in [0.2, 0.25) is 0 Å². The second-order valence-corrected chi connectivity index (χ2v) is 2.66. The van der Waals surface area contributed by atoms with Gasteiger partial charge in [-0.25, -0.2) is 0 Å².